The number of amides is 1. The summed E-state index contributed by atoms with van der Waals surface area (Å²) in [6.45, 7) is 9.42. The van der Waals surface area contributed by atoms with Gasteiger partial charge in [0.05, 0.1) is 13.2 Å². The van der Waals surface area contributed by atoms with E-state index in [1.54, 1.807) is 7.11 Å². The van der Waals surface area contributed by atoms with E-state index in [2.05, 4.69) is 32.1 Å². The van der Waals surface area contributed by atoms with Crippen molar-refractivity contribution in [3.63, 3.8) is 0 Å². The quantitative estimate of drug-likeness (QED) is 0.608. The highest BCUT2D eigenvalue weighted by molar-refractivity contribution is 5.94. The predicted molar refractivity (Wildman–Crippen MR) is 137 cm³/mol. The molecule has 1 N–H and O–H groups in total. The van der Waals surface area contributed by atoms with Gasteiger partial charge in [0.25, 0.3) is 0 Å². The van der Waals surface area contributed by atoms with Crippen LogP contribution in [0.15, 0.2) is 48.5 Å². The highest BCUT2D eigenvalue weighted by Gasteiger charge is 2.25. The maximum atomic E-state index is 12.8. The second kappa shape index (κ2) is 12.1. The fourth-order valence-electron chi connectivity index (χ4n) is 4.66. The minimum atomic E-state index is -0.153. The van der Waals surface area contributed by atoms with Gasteiger partial charge < -0.3 is 19.7 Å². The molecular weight excluding hydrogens is 428 g/mol. The first-order valence-electron chi connectivity index (χ1n) is 12.5. The zero-order chi connectivity index (χ0) is 23.8. The maximum absolute atomic E-state index is 12.8. The molecule has 0 unspecified atom stereocenters. The summed E-state index contributed by atoms with van der Waals surface area (Å²) in [7, 11) is 1.66. The molecule has 1 atom stereocenters. The molecule has 7 heteroatoms. The first-order chi connectivity index (χ1) is 16.6. The number of nitrogens with one attached hydrogen (secondary N) is 1. The highest BCUT2D eigenvalue weighted by atomic mass is 16.5. The average molecular weight is 467 g/mol. The van der Waals surface area contributed by atoms with Gasteiger partial charge in [-0.05, 0) is 74.7 Å². The summed E-state index contributed by atoms with van der Waals surface area (Å²) < 4.78 is 11.0. The third kappa shape index (κ3) is 6.64. The zero-order valence-electron chi connectivity index (χ0n) is 20.5. The SMILES string of the molecule is COc1ccc(OCCN2CCN([C@@H](C)C(=O)Nc3ccc(N4CCCCC4)cc3)CC2)cc1. The molecule has 2 fully saturated rings. The number of anilines is 2. The first-order valence-corrected chi connectivity index (χ1v) is 12.5. The number of ether oxygens (including phenoxy) is 2. The van der Waals surface area contributed by atoms with Gasteiger partial charge in [-0.1, -0.05) is 0 Å². The third-order valence-electron chi connectivity index (χ3n) is 6.93. The summed E-state index contributed by atoms with van der Waals surface area (Å²) in [4.78, 5) is 19.9. The van der Waals surface area contributed by atoms with Crippen molar-refractivity contribution in [2.24, 2.45) is 0 Å². The van der Waals surface area contributed by atoms with Crippen LogP contribution >= 0.6 is 0 Å². The first kappa shape index (κ1) is 24.4. The van der Waals surface area contributed by atoms with Crippen LogP contribution in [-0.4, -0.2) is 81.3 Å². The molecule has 184 valence electrons. The molecule has 2 saturated heterocycles. The van der Waals surface area contributed by atoms with Crippen LogP contribution in [0.4, 0.5) is 11.4 Å². The molecule has 1 amide bonds. The second-order valence-electron chi connectivity index (χ2n) is 9.16. The number of methoxy groups -OCH3 is 1. The van der Waals surface area contributed by atoms with Gasteiger partial charge in [-0.3, -0.25) is 14.6 Å². The van der Waals surface area contributed by atoms with Crippen LogP contribution in [-0.2, 0) is 4.79 Å². The summed E-state index contributed by atoms with van der Waals surface area (Å²) in [5, 5.41) is 3.10. The van der Waals surface area contributed by atoms with Crippen LogP contribution in [0, 0.1) is 0 Å². The molecule has 2 aromatic rings. The maximum Gasteiger partial charge on any atom is 0.241 e. The number of carbonyl (C=O) groups is 1. The minimum absolute atomic E-state index is 0.0574. The van der Waals surface area contributed by atoms with Gasteiger partial charge in [-0.2, -0.15) is 0 Å². The Labute approximate surface area is 203 Å². The van der Waals surface area contributed by atoms with Gasteiger partial charge >= 0.3 is 0 Å². The molecule has 2 aliphatic rings. The molecule has 2 aromatic carbocycles. The van der Waals surface area contributed by atoms with Gasteiger partial charge in [0, 0.05) is 57.2 Å². The lowest BCUT2D eigenvalue weighted by Gasteiger charge is -2.37. The van der Waals surface area contributed by atoms with Crippen molar-refractivity contribution in [2.45, 2.75) is 32.2 Å². The summed E-state index contributed by atoms with van der Waals surface area (Å²) in [6.07, 6.45) is 3.85. The van der Waals surface area contributed by atoms with Gasteiger partial charge in [0.2, 0.25) is 5.91 Å². The molecule has 0 aromatic heterocycles. The van der Waals surface area contributed by atoms with E-state index in [1.165, 1.54) is 24.9 Å². The number of piperidine rings is 1. The van der Waals surface area contributed by atoms with E-state index in [-0.39, 0.29) is 11.9 Å². The van der Waals surface area contributed by atoms with Crippen LogP contribution < -0.4 is 19.7 Å². The number of benzene rings is 2. The predicted octanol–water partition coefficient (Wildman–Crippen LogP) is 3.71. The van der Waals surface area contributed by atoms with Crippen molar-refractivity contribution in [3.8, 4) is 11.5 Å². The molecule has 0 radical (unpaired) electrons. The fraction of sp³-hybridized carbons (Fsp3) is 0.519. The fourth-order valence-corrected chi connectivity index (χ4v) is 4.66. The molecule has 0 spiro atoms. The van der Waals surface area contributed by atoms with E-state index in [9.17, 15) is 4.79 Å². The molecule has 2 heterocycles. The van der Waals surface area contributed by atoms with Gasteiger partial charge in [-0.25, -0.2) is 0 Å². The molecule has 0 aliphatic carbocycles. The summed E-state index contributed by atoms with van der Waals surface area (Å²) in [6, 6.07) is 15.8. The zero-order valence-corrected chi connectivity index (χ0v) is 20.5. The molecular formula is C27H38N4O3. The van der Waals surface area contributed by atoms with Crippen LogP contribution in [0.2, 0.25) is 0 Å². The Morgan fingerprint density at radius 3 is 2.18 bits per heavy atom. The molecule has 0 bridgehead atoms. The largest absolute Gasteiger partial charge is 0.497 e. The van der Waals surface area contributed by atoms with E-state index in [0.29, 0.717) is 6.61 Å². The van der Waals surface area contributed by atoms with E-state index < -0.39 is 0 Å². The lowest BCUT2D eigenvalue weighted by atomic mass is 10.1. The van der Waals surface area contributed by atoms with Gasteiger partial charge in [-0.15, -0.1) is 0 Å². The Kier molecular flexibility index (Phi) is 8.66. The monoisotopic (exact) mass is 466 g/mol. The Morgan fingerprint density at radius 2 is 1.53 bits per heavy atom. The van der Waals surface area contributed by atoms with Crippen molar-refractivity contribution in [2.75, 3.05) is 69.7 Å². The van der Waals surface area contributed by atoms with Crippen molar-refractivity contribution >= 4 is 17.3 Å². The van der Waals surface area contributed by atoms with E-state index in [4.69, 9.17) is 9.47 Å². The molecule has 7 nitrogen and oxygen atoms in total. The number of hydrogen-bond acceptors (Lipinski definition) is 6. The van der Waals surface area contributed by atoms with E-state index >= 15 is 0 Å². The normalized spacial score (nSPS) is 18.4. The van der Waals surface area contributed by atoms with Crippen LogP contribution in [0.3, 0.4) is 0 Å². The summed E-state index contributed by atoms with van der Waals surface area (Å²) >= 11 is 0. The number of piperazine rings is 1. The lowest BCUT2D eigenvalue weighted by molar-refractivity contribution is -0.121. The topological polar surface area (TPSA) is 57.3 Å². The van der Waals surface area contributed by atoms with Crippen LogP contribution in [0.25, 0.3) is 0 Å². The minimum Gasteiger partial charge on any atom is -0.497 e. The summed E-state index contributed by atoms with van der Waals surface area (Å²) in [5.41, 5.74) is 2.12. The highest BCUT2D eigenvalue weighted by Crippen LogP contribution is 2.22. The van der Waals surface area contributed by atoms with E-state index in [0.717, 1.165) is 63.0 Å². The van der Waals surface area contributed by atoms with Gasteiger partial charge in [0.1, 0.15) is 18.1 Å². The number of carbonyl (C=O) groups excluding carboxylic acids is 1. The molecule has 2 aliphatic heterocycles. The summed E-state index contributed by atoms with van der Waals surface area (Å²) in [5.74, 6) is 1.74. The van der Waals surface area contributed by atoms with Gasteiger partial charge in [0.15, 0.2) is 0 Å². The van der Waals surface area contributed by atoms with E-state index in [1.807, 2.05) is 43.3 Å². The molecule has 4 rings (SSSR count). The molecule has 34 heavy (non-hydrogen) atoms. The number of rotatable bonds is 9. The van der Waals surface area contributed by atoms with Crippen molar-refractivity contribution in [1.82, 2.24) is 9.80 Å². The Balaban J connectivity index is 1.17. The number of hydrogen-bond donors (Lipinski definition) is 1. The van der Waals surface area contributed by atoms with Crippen molar-refractivity contribution in [3.05, 3.63) is 48.5 Å². The van der Waals surface area contributed by atoms with Crippen LogP contribution in [0.5, 0.6) is 11.5 Å². The Hall–Kier alpha value is -2.77. The Bertz CT molecular complexity index is 889. The third-order valence-corrected chi connectivity index (χ3v) is 6.93. The lowest BCUT2D eigenvalue weighted by Crippen LogP contribution is -2.53. The molecule has 0 saturated carbocycles. The Morgan fingerprint density at radius 1 is 0.882 bits per heavy atom. The van der Waals surface area contributed by atoms with Crippen LogP contribution in [0.1, 0.15) is 26.2 Å². The second-order valence-corrected chi connectivity index (χ2v) is 9.16. The average Bonchev–Trinajstić information content (AvgIpc) is 2.90. The number of nitrogens with zero attached hydrogens (tertiary/aromatic N) is 3. The van der Waals surface area contributed by atoms with Crippen molar-refractivity contribution in [1.29, 1.82) is 0 Å². The smallest absolute Gasteiger partial charge is 0.241 e. The standard InChI is InChI=1S/C27H38N4O3/c1-22(27(32)28-23-6-8-24(9-7-23)31-14-4-3-5-15-31)30-18-16-29(17-19-30)20-21-34-26-12-10-25(33-2)11-13-26/h6-13,22H,3-5,14-21H2,1-2H3,(H,28,32)/t22-/m0/s1. The van der Waals surface area contributed by atoms with Crippen molar-refractivity contribution < 1.29 is 14.3 Å².